The highest BCUT2D eigenvalue weighted by Gasteiger charge is 2.24. The maximum atomic E-state index is 13.2. The van der Waals surface area contributed by atoms with E-state index in [1.165, 1.54) is 128 Å². The smallest absolute Gasteiger partial charge is 0.306 e. The van der Waals surface area contributed by atoms with Gasteiger partial charge in [-0.2, -0.15) is 0 Å². The number of carbonyl (C=O) groups is 2. The second kappa shape index (κ2) is 47.9. The lowest BCUT2D eigenvalue weighted by molar-refractivity contribution is -0.151. The summed E-state index contributed by atoms with van der Waals surface area (Å²) in [6.07, 6.45) is 57.4. The van der Waals surface area contributed by atoms with Gasteiger partial charge >= 0.3 is 5.97 Å². The molecule has 3 unspecified atom stereocenters. The van der Waals surface area contributed by atoms with Crippen LogP contribution < -0.4 is 5.32 Å². The lowest BCUT2D eigenvalue weighted by atomic mass is 10.0. The van der Waals surface area contributed by atoms with Crippen LogP contribution in [0.25, 0.3) is 0 Å². The van der Waals surface area contributed by atoms with Gasteiger partial charge in [-0.3, -0.25) is 9.59 Å². The molecule has 0 saturated heterocycles. The summed E-state index contributed by atoms with van der Waals surface area (Å²) in [5.74, 6) is -0.506. The lowest BCUT2D eigenvalue weighted by Gasteiger charge is -2.24. The highest BCUT2D eigenvalue weighted by molar-refractivity contribution is 5.77. The predicted octanol–water partition coefficient (Wildman–Crippen LogP) is 15.5. The van der Waals surface area contributed by atoms with E-state index in [4.69, 9.17) is 4.74 Å². The summed E-state index contributed by atoms with van der Waals surface area (Å²) in [6, 6.07) is -0.705. The number of allylic oxidation sites excluding steroid dienone is 8. The Kier molecular flexibility index (Phi) is 46.1. The molecule has 60 heavy (non-hydrogen) atoms. The first-order valence-corrected chi connectivity index (χ1v) is 25.9. The van der Waals surface area contributed by atoms with Gasteiger partial charge in [0, 0.05) is 6.42 Å². The number of nitrogens with one attached hydrogen (secondary N) is 1. The Balaban J connectivity index is 4.51. The van der Waals surface area contributed by atoms with Crippen molar-refractivity contribution in [2.45, 2.75) is 277 Å². The lowest BCUT2D eigenvalue weighted by Crippen LogP contribution is -2.46. The number of aliphatic hydroxyl groups excluding tert-OH is 2. The van der Waals surface area contributed by atoms with Crippen molar-refractivity contribution in [1.82, 2.24) is 5.32 Å². The molecule has 0 bridgehead atoms. The van der Waals surface area contributed by atoms with Gasteiger partial charge in [-0.25, -0.2) is 0 Å². The Morgan fingerprint density at radius 1 is 0.483 bits per heavy atom. The maximum absolute atomic E-state index is 13.2. The fraction of sp³-hybridized carbons (Fsp3) is 0.815. The summed E-state index contributed by atoms with van der Waals surface area (Å²) in [4.78, 5) is 26.1. The minimum atomic E-state index is -0.791. The minimum absolute atomic E-state index is 0.0663. The first kappa shape index (κ1) is 57.8. The monoisotopic (exact) mass is 842 g/mol. The molecule has 6 heteroatoms. The molecule has 0 heterocycles. The van der Waals surface area contributed by atoms with Crippen LogP contribution in [0, 0.1) is 0 Å². The van der Waals surface area contributed by atoms with Crippen molar-refractivity contribution in [3.05, 3.63) is 48.6 Å². The Morgan fingerprint density at radius 2 is 0.850 bits per heavy atom. The largest absolute Gasteiger partial charge is 0.462 e. The van der Waals surface area contributed by atoms with Gasteiger partial charge in [-0.1, -0.05) is 223 Å². The van der Waals surface area contributed by atoms with Crippen molar-refractivity contribution in [2.24, 2.45) is 0 Å². The zero-order valence-corrected chi connectivity index (χ0v) is 39.8. The van der Waals surface area contributed by atoms with E-state index in [0.717, 1.165) is 83.5 Å². The minimum Gasteiger partial charge on any atom is -0.462 e. The molecule has 6 nitrogen and oxygen atoms in total. The summed E-state index contributed by atoms with van der Waals surface area (Å²) in [5, 5.41) is 23.7. The first-order valence-electron chi connectivity index (χ1n) is 25.9. The van der Waals surface area contributed by atoms with Gasteiger partial charge in [0.05, 0.1) is 25.2 Å². The van der Waals surface area contributed by atoms with Gasteiger partial charge in [0.2, 0.25) is 5.91 Å². The molecule has 3 N–H and O–H groups in total. The molecule has 0 aromatic carbocycles. The third-order valence-electron chi connectivity index (χ3n) is 11.7. The Bertz CT molecular complexity index is 1040. The van der Waals surface area contributed by atoms with Gasteiger partial charge in [-0.05, 0) is 70.6 Å². The van der Waals surface area contributed by atoms with E-state index in [0.29, 0.717) is 19.3 Å². The standard InChI is InChI=1S/C54H99NO5/c1-4-7-10-13-16-19-21-23-24-25-26-27-28-30-32-35-38-41-44-47-54(59)60-50(45-42-39-36-33-18-15-12-9-6-3)48-53(58)55-51(49-56)52(57)46-43-40-37-34-31-29-22-20-17-14-11-8-5-2/h16,19,23-24,26-27,30,32,50-52,56-57H,4-15,17-18,20-22,25,28-29,31,33-49H2,1-3H3,(H,55,58)/b19-16-,24-23-,27-26-,32-30-. The summed E-state index contributed by atoms with van der Waals surface area (Å²) in [5.41, 5.74) is 0. The van der Waals surface area contributed by atoms with Gasteiger partial charge in [-0.15, -0.1) is 0 Å². The highest BCUT2D eigenvalue weighted by Crippen LogP contribution is 2.18. The summed E-state index contributed by atoms with van der Waals surface area (Å²) < 4.78 is 5.90. The molecular formula is C54H99NO5. The van der Waals surface area contributed by atoms with E-state index in [2.05, 4.69) is 74.7 Å². The summed E-state index contributed by atoms with van der Waals surface area (Å²) in [7, 11) is 0. The molecule has 0 saturated carbocycles. The number of hydrogen-bond donors (Lipinski definition) is 3. The normalized spacial score (nSPS) is 13.6. The number of amides is 1. The first-order chi connectivity index (χ1) is 29.5. The molecule has 0 aromatic heterocycles. The second-order valence-corrected chi connectivity index (χ2v) is 17.6. The average molecular weight is 842 g/mol. The fourth-order valence-corrected chi connectivity index (χ4v) is 7.71. The number of hydrogen-bond acceptors (Lipinski definition) is 5. The van der Waals surface area contributed by atoms with Gasteiger partial charge in [0.15, 0.2) is 0 Å². The molecule has 350 valence electrons. The zero-order valence-electron chi connectivity index (χ0n) is 39.8. The number of carbonyl (C=O) groups excluding carboxylic acids is 2. The zero-order chi connectivity index (χ0) is 43.8. The van der Waals surface area contributed by atoms with Crippen molar-refractivity contribution in [3.8, 4) is 0 Å². The fourth-order valence-electron chi connectivity index (χ4n) is 7.71. The van der Waals surface area contributed by atoms with Crippen LogP contribution in [0.1, 0.15) is 258 Å². The van der Waals surface area contributed by atoms with Crippen LogP contribution >= 0.6 is 0 Å². The third kappa shape index (κ3) is 42.5. The third-order valence-corrected chi connectivity index (χ3v) is 11.7. The van der Waals surface area contributed by atoms with Crippen LogP contribution in [0.15, 0.2) is 48.6 Å². The maximum Gasteiger partial charge on any atom is 0.306 e. The molecular weight excluding hydrogens is 743 g/mol. The van der Waals surface area contributed by atoms with E-state index in [-0.39, 0.29) is 24.9 Å². The van der Waals surface area contributed by atoms with Crippen LogP contribution in [0.4, 0.5) is 0 Å². The molecule has 0 rings (SSSR count). The van der Waals surface area contributed by atoms with Crippen molar-refractivity contribution < 1.29 is 24.5 Å². The number of unbranched alkanes of at least 4 members (excludes halogenated alkanes) is 26. The Morgan fingerprint density at radius 3 is 1.30 bits per heavy atom. The summed E-state index contributed by atoms with van der Waals surface area (Å²) >= 11 is 0. The van der Waals surface area contributed by atoms with Crippen LogP contribution in [-0.2, 0) is 14.3 Å². The van der Waals surface area contributed by atoms with Crippen molar-refractivity contribution in [2.75, 3.05) is 6.61 Å². The number of aliphatic hydroxyl groups is 2. The molecule has 0 fully saturated rings. The Labute approximate surface area is 372 Å². The Hall–Kier alpha value is -2.18. The molecule has 0 aliphatic heterocycles. The van der Waals surface area contributed by atoms with Crippen molar-refractivity contribution in [3.63, 3.8) is 0 Å². The average Bonchev–Trinajstić information content (AvgIpc) is 3.24. The van der Waals surface area contributed by atoms with E-state index in [1.807, 2.05) is 0 Å². The van der Waals surface area contributed by atoms with Gasteiger partial charge in [0.25, 0.3) is 0 Å². The SMILES string of the molecule is CCCCC/C=C\C/C=C\C/C=C\C/C=C\CCCCCC(=O)OC(CCCCCCCCCCC)CC(=O)NC(CO)C(O)CCCCCCCCCCCCCCC. The van der Waals surface area contributed by atoms with E-state index in [1.54, 1.807) is 0 Å². The van der Waals surface area contributed by atoms with Crippen molar-refractivity contribution >= 4 is 11.9 Å². The quantitative estimate of drug-likeness (QED) is 0.0322. The second-order valence-electron chi connectivity index (χ2n) is 17.6. The van der Waals surface area contributed by atoms with Crippen LogP contribution in [0.5, 0.6) is 0 Å². The van der Waals surface area contributed by atoms with Crippen molar-refractivity contribution in [1.29, 1.82) is 0 Å². The number of ether oxygens (including phenoxy) is 1. The van der Waals surface area contributed by atoms with Crippen LogP contribution in [0.3, 0.4) is 0 Å². The molecule has 0 radical (unpaired) electrons. The topological polar surface area (TPSA) is 95.9 Å². The highest BCUT2D eigenvalue weighted by atomic mass is 16.5. The molecule has 0 aromatic rings. The molecule has 0 aliphatic rings. The molecule has 0 spiro atoms. The van der Waals surface area contributed by atoms with Gasteiger partial charge < -0.3 is 20.3 Å². The molecule has 1 amide bonds. The van der Waals surface area contributed by atoms with Crippen LogP contribution in [-0.4, -0.2) is 46.9 Å². The molecule has 3 atom stereocenters. The van der Waals surface area contributed by atoms with E-state index < -0.39 is 18.2 Å². The van der Waals surface area contributed by atoms with Crippen LogP contribution in [0.2, 0.25) is 0 Å². The predicted molar refractivity (Wildman–Crippen MR) is 259 cm³/mol. The number of rotatable bonds is 46. The van der Waals surface area contributed by atoms with E-state index in [9.17, 15) is 19.8 Å². The molecule has 0 aliphatic carbocycles. The summed E-state index contributed by atoms with van der Waals surface area (Å²) in [6.45, 7) is 6.44. The van der Waals surface area contributed by atoms with Gasteiger partial charge in [0.1, 0.15) is 6.10 Å². The number of esters is 1. The van der Waals surface area contributed by atoms with E-state index >= 15 is 0 Å².